The molecular formula is C14H23N3O2. The summed E-state index contributed by atoms with van der Waals surface area (Å²) in [5.41, 5.74) is 7.17. The lowest BCUT2D eigenvalue weighted by atomic mass is 10.2. The van der Waals surface area contributed by atoms with E-state index in [9.17, 15) is 4.79 Å². The van der Waals surface area contributed by atoms with Crippen LogP contribution in [0.4, 0.5) is 0 Å². The molecule has 0 aliphatic carbocycles. The molecule has 5 nitrogen and oxygen atoms in total. The second-order valence-electron chi connectivity index (χ2n) is 4.47. The van der Waals surface area contributed by atoms with Crippen LogP contribution in [0.25, 0.3) is 0 Å². The number of aryl methyl sites for hydroxylation is 1. The van der Waals surface area contributed by atoms with Crippen LogP contribution in [-0.4, -0.2) is 23.5 Å². The summed E-state index contributed by atoms with van der Waals surface area (Å²) in [6.45, 7) is 6.28. The number of carbonyl (C=O) groups excluding carboxylic acids is 1. The molecule has 1 heterocycles. The number of aromatic nitrogens is 1. The Bertz CT molecular complexity index is 417. The third kappa shape index (κ3) is 4.87. The van der Waals surface area contributed by atoms with Crippen LogP contribution in [0.2, 0.25) is 0 Å². The van der Waals surface area contributed by atoms with E-state index in [-0.39, 0.29) is 18.6 Å². The van der Waals surface area contributed by atoms with Gasteiger partial charge in [-0.1, -0.05) is 13.8 Å². The van der Waals surface area contributed by atoms with Gasteiger partial charge in [-0.05, 0) is 31.9 Å². The van der Waals surface area contributed by atoms with Gasteiger partial charge in [0.25, 0.3) is 5.91 Å². The summed E-state index contributed by atoms with van der Waals surface area (Å²) < 4.78 is 5.48. The topological polar surface area (TPSA) is 77.2 Å². The SMILES string of the molecule is CCC(CC)NC(=O)COc1ccc(C)nc1CN. The highest BCUT2D eigenvalue weighted by molar-refractivity contribution is 5.77. The second kappa shape index (κ2) is 7.74. The Hall–Kier alpha value is -1.62. The van der Waals surface area contributed by atoms with E-state index in [1.165, 1.54) is 0 Å². The van der Waals surface area contributed by atoms with E-state index in [1.54, 1.807) is 6.07 Å². The fourth-order valence-electron chi connectivity index (χ4n) is 1.78. The molecule has 0 radical (unpaired) electrons. The number of nitrogens with zero attached hydrogens (tertiary/aromatic N) is 1. The van der Waals surface area contributed by atoms with Crippen LogP contribution in [0, 0.1) is 6.92 Å². The van der Waals surface area contributed by atoms with Gasteiger partial charge >= 0.3 is 0 Å². The van der Waals surface area contributed by atoms with Crippen LogP contribution in [-0.2, 0) is 11.3 Å². The molecule has 1 amide bonds. The Labute approximate surface area is 114 Å². The molecule has 1 aromatic rings. The first kappa shape index (κ1) is 15.4. The van der Waals surface area contributed by atoms with Gasteiger partial charge in [-0.15, -0.1) is 0 Å². The van der Waals surface area contributed by atoms with E-state index >= 15 is 0 Å². The van der Waals surface area contributed by atoms with Crippen LogP contribution >= 0.6 is 0 Å². The lowest BCUT2D eigenvalue weighted by Gasteiger charge is -2.15. The highest BCUT2D eigenvalue weighted by Crippen LogP contribution is 2.16. The van der Waals surface area contributed by atoms with Crippen molar-refractivity contribution in [2.75, 3.05) is 6.61 Å². The van der Waals surface area contributed by atoms with Gasteiger partial charge in [-0.2, -0.15) is 0 Å². The van der Waals surface area contributed by atoms with E-state index in [1.807, 2.05) is 26.8 Å². The van der Waals surface area contributed by atoms with Gasteiger partial charge in [0.2, 0.25) is 0 Å². The van der Waals surface area contributed by atoms with E-state index in [0.29, 0.717) is 18.0 Å². The van der Waals surface area contributed by atoms with E-state index < -0.39 is 0 Å². The smallest absolute Gasteiger partial charge is 0.258 e. The number of carbonyl (C=O) groups is 1. The third-order valence-electron chi connectivity index (χ3n) is 2.97. The first-order chi connectivity index (χ1) is 9.10. The molecule has 0 atom stereocenters. The second-order valence-corrected chi connectivity index (χ2v) is 4.47. The number of amides is 1. The summed E-state index contributed by atoms with van der Waals surface area (Å²) in [6, 6.07) is 3.85. The predicted octanol–water partition coefficient (Wildman–Crippen LogP) is 1.53. The minimum absolute atomic E-state index is 0.00571. The van der Waals surface area contributed by atoms with E-state index in [2.05, 4.69) is 10.3 Å². The summed E-state index contributed by atoms with van der Waals surface area (Å²) in [6.07, 6.45) is 1.84. The Balaban J connectivity index is 2.54. The number of ether oxygens (including phenoxy) is 1. The van der Waals surface area contributed by atoms with Crippen LogP contribution in [0.5, 0.6) is 5.75 Å². The molecule has 0 spiro atoms. The quantitative estimate of drug-likeness (QED) is 0.784. The average molecular weight is 265 g/mol. The molecule has 0 fully saturated rings. The summed E-state index contributed by atoms with van der Waals surface area (Å²) in [4.78, 5) is 16.0. The number of rotatable bonds is 7. The molecule has 5 heteroatoms. The normalized spacial score (nSPS) is 10.6. The molecule has 106 valence electrons. The third-order valence-corrected chi connectivity index (χ3v) is 2.97. The first-order valence-corrected chi connectivity index (χ1v) is 6.69. The Kier molecular flexibility index (Phi) is 6.29. The van der Waals surface area contributed by atoms with Gasteiger partial charge < -0.3 is 15.8 Å². The zero-order chi connectivity index (χ0) is 14.3. The molecule has 0 aliphatic heterocycles. The minimum Gasteiger partial charge on any atom is -0.482 e. The monoisotopic (exact) mass is 265 g/mol. The van der Waals surface area contributed by atoms with Gasteiger partial charge in [0.1, 0.15) is 5.75 Å². The van der Waals surface area contributed by atoms with Crippen molar-refractivity contribution in [3.8, 4) is 5.75 Å². The molecule has 0 aliphatic rings. The van der Waals surface area contributed by atoms with Crippen molar-refractivity contribution in [2.45, 2.75) is 46.2 Å². The van der Waals surface area contributed by atoms with Crippen molar-refractivity contribution >= 4 is 5.91 Å². The molecule has 1 aromatic heterocycles. The lowest BCUT2D eigenvalue weighted by Crippen LogP contribution is -2.37. The summed E-state index contributed by atoms with van der Waals surface area (Å²) in [5, 5.41) is 2.92. The maximum absolute atomic E-state index is 11.7. The average Bonchev–Trinajstić information content (AvgIpc) is 2.43. The van der Waals surface area contributed by atoms with Gasteiger partial charge in [0, 0.05) is 18.3 Å². The highest BCUT2D eigenvalue weighted by Gasteiger charge is 2.10. The molecule has 0 saturated heterocycles. The molecule has 19 heavy (non-hydrogen) atoms. The van der Waals surface area contributed by atoms with Crippen molar-refractivity contribution in [1.29, 1.82) is 0 Å². The molecule has 0 saturated carbocycles. The fourth-order valence-corrected chi connectivity index (χ4v) is 1.78. The Morgan fingerprint density at radius 2 is 2.11 bits per heavy atom. The van der Waals surface area contributed by atoms with Crippen molar-refractivity contribution in [3.63, 3.8) is 0 Å². The molecule has 1 rings (SSSR count). The molecular weight excluding hydrogens is 242 g/mol. The van der Waals surface area contributed by atoms with Gasteiger partial charge in [-0.25, -0.2) is 0 Å². The maximum Gasteiger partial charge on any atom is 0.258 e. The van der Waals surface area contributed by atoms with Crippen molar-refractivity contribution in [1.82, 2.24) is 10.3 Å². The Morgan fingerprint density at radius 1 is 1.42 bits per heavy atom. The summed E-state index contributed by atoms with van der Waals surface area (Å²) in [5.74, 6) is 0.463. The first-order valence-electron chi connectivity index (χ1n) is 6.69. The molecule has 0 bridgehead atoms. The van der Waals surface area contributed by atoms with E-state index in [4.69, 9.17) is 10.5 Å². The van der Waals surface area contributed by atoms with Crippen LogP contribution in [0.15, 0.2) is 12.1 Å². The maximum atomic E-state index is 11.7. The Morgan fingerprint density at radius 3 is 2.68 bits per heavy atom. The zero-order valence-electron chi connectivity index (χ0n) is 11.9. The number of nitrogens with two attached hydrogens (primary N) is 1. The number of nitrogens with one attached hydrogen (secondary N) is 1. The number of hydrogen-bond donors (Lipinski definition) is 2. The fraction of sp³-hybridized carbons (Fsp3) is 0.571. The lowest BCUT2D eigenvalue weighted by molar-refractivity contribution is -0.123. The molecule has 0 unspecified atom stereocenters. The van der Waals surface area contributed by atoms with Crippen LogP contribution in [0.3, 0.4) is 0 Å². The minimum atomic E-state index is -0.114. The number of hydrogen-bond acceptors (Lipinski definition) is 4. The zero-order valence-corrected chi connectivity index (χ0v) is 11.9. The highest BCUT2D eigenvalue weighted by atomic mass is 16.5. The van der Waals surface area contributed by atoms with Gasteiger partial charge in [-0.3, -0.25) is 9.78 Å². The summed E-state index contributed by atoms with van der Waals surface area (Å²) >= 11 is 0. The van der Waals surface area contributed by atoms with Crippen LogP contribution < -0.4 is 15.8 Å². The van der Waals surface area contributed by atoms with Crippen molar-refractivity contribution in [2.24, 2.45) is 5.73 Å². The standard InChI is InChI=1S/C14H23N3O2/c1-4-11(5-2)17-14(18)9-19-13-7-6-10(3)16-12(13)8-15/h6-7,11H,4-5,8-9,15H2,1-3H3,(H,17,18). The largest absolute Gasteiger partial charge is 0.482 e. The van der Waals surface area contributed by atoms with Crippen molar-refractivity contribution in [3.05, 3.63) is 23.5 Å². The van der Waals surface area contributed by atoms with Gasteiger partial charge in [0.15, 0.2) is 6.61 Å². The van der Waals surface area contributed by atoms with Crippen molar-refractivity contribution < 1.29 is 9.53 Å². The molecule has 3 N–H and O–H groups in total. The summed E-state index contributed by atoms with van der Waals surface area (Å²) in [7, 11) is 0. The van der Waals surface area contributed by atoms with Crippen LogP contribution in [0.1, 0.15) is 38.1 Å². The molecule has 0 aromatic carbocycles. The predicted molar refractivity (Wildman–Crippen MR) is 74.9 cm³/mol. The van der Waals surface area contributed by atoms with Gasteiger partial charge in [0.05, 0.1) is 5.69 Å². The van der Waals surface area contributed by atoms with E-state index in [0.717, 1.165) is 18.5 Å². The number of pyridine rings is 1.